The Hall–Kier alpha value is 0.157. The molecule has 0 saturated heterocycles. The van der Waals surface area contributed by atoms with Crippen molar-refractivity contribution in [3.8, 4) is 0 Å². The molecule has 0 aliphatic heterocycles. The first-order chi connectivity index (χ1) is 8.19. The molecule has 0 aromatic carbocycles. The molecule has 10 heteroatoms. The first-order valence-electron chi connectivity index (χ1n) is 5.25. The van der Waals surface area contributed by atoms with Crippen LogP contribution in [0, 0.1) is 0 Å². The largest absolute Gasteiger partial charge is 1.00 e. The van der Waals surface area contributed by atoms with Crippen molar-refractivity contribution in [2.45, 2.75) is 43.9 Å². The van der Waals surface area contributed by atoms with Crippen LogP contribution in [0.3, 0.4) is 0 Å². The van der Waals surface area contributed by atoms with E-state index in [1.54, 1.807) is 0 Å². The Balaban J connectivity index is 0. The van der Waals surface area contributed by atoms with Crippen molar-refractivity contribution >= 4 is 10.1 Å². The normalized spacial score (nSPS) is 18.2. The van der Waals surface area contributed by atoms with E-state index in [9.17, 15) is 34.9 Å². The van der Waals surface area contributed by atoms with Crippen molar-refractivity contribution in [2.24, 2.45) is 0 Å². The summed E-state index contributed by atoms with van der Waals surface area (Å²) in [6.45, 7) is -0.733. The molecule has 3 nitrogen and oxygen atoms in total. The van der Waals surface area contributed by atoms with Gasteiger partial charge in [-0.3, -0.25) is 4.39 Å². The summed E-state index contributed by atoms with van der Waals surface area (Å²) in [6, 6.07) is 0. The van der Waals surface area contributed by atoms with Crippen molar-refractivity contribution < 1.29 is 53.8 Å². The molecule has 0 bridgehead atoms. The smallest absolute Gasteiger partial charge is 0.748 e. The number of rotatable bonds is 9. The molecule has 0 spiro atoms. The van der Waals surface area contributed by atoms with Gasteiger partial charge in [-0.1, -0.05) is 0 Å². The molecule has 0 saturated carbocycles. The van der Waals surface area contributed by atoms with Crippen LogP contribution in [0.2, 0.25) is 0 Å². The van der Waals surface area contributed by atoms with Crippen LogP contribution in [-0.4, -0.2) is 50.1 Å². The minimum Gasteiger partial charge on any atom is -0.748 e. The topological polar surface area (TPSA) is 57.2 Å². The fraction of sp³-hybridized carbons (Fsp3) is 1.00. The van der Waals surface area contributed by atoms with Crippen molar-refractivity contribution in [3.63, 3.8) is 0 Å². The van der Waals surface area contributed by atoms with Gasteiger partial charge in [-0.2, -0.15) is 0 Å². The van der Waals surface area contributed by atoms with Crippen LogP contribution in [0.4, 0.5) is 22.0 Å². The molecule has 0 rings (SSSR count). The second-order valence-corrected chi connectivity index (χ2v) is 5.28. The van der Waals surface area contributed by atoms with Crippen molar-refractivity contribution in [1.82, 2.24) is 0 Å². The zero-order valence-electron chi connectivity index (χ0n) is 10.4. The van der Waals surface area contributed by atoms with Crippen LogP contribution in [0.25, 0.3) is 0 Å². The minimum atomic E-state index is -5.05. The molecular formula is C9H14F5LiO3S. The summed E-state index contributed by atoms with van der Waals surface area (Å²) in [6.07, 6.45) is -11.8. The predicted octanol–water partition coefficient (Wildman–Crippen LogP) is -0.972. The summed E-state index contributed by atoms with van der Waals surface area (Å²) in [7, 11) is -5.05. The monoisotopic (exact) mass is 304 g/mol. The molecule has 110 valence electrons. The summed E-state index contributed by atoms with van der Waals surface area (Å²) < 4.78 is 94.0. The molecule has 0 aromatic heterocycles. The van der Waals surface area contributed by atoms with Crippen LogP contribution in [0.5, 0.6) is 0 Å². The quantitative estimate of drug-likeness (QED) is 0.238. The number of halogens is 5. The van der Waals surface area contributed by atoms with Gasteiger partial charge in [0.1, 0.15) is 12.3 Å². The third-order valence-corrected chi connectivity index (χ3v) is 2.95. The second-order valence-electron chi connectivity index (χ2n) is 3.83. The molecular weight excluding hydrogens is 290 g/mol. The van der Waals surface area contributed by atoms with E-state index in [1.165, 1.54) is 0 Å². The number of hydrogen-bond donors (Lipinski definition) is 0. The molecule has 0 aliphatic carbocycles. The van der Waals surface area contributed by atoms with Crippen molar-refractivity contribution in [1.29, 1.82) is 0 Å². The first-order valence-corrected chi connectivity index (χ1v) is 6.82. The van der Waals surface area contributed by atoms with E-state index in [0.29, 0.717) is 0 Å². The Bertz CT molecular complexity index is 330. The maximum atomic E-state index is 13.1. The number of unbranched alkanes of at least 4 members (excludes halogenated alkanes) is 1. The summed E-state index contributed by atoms with van der Waals surface area (Å²) in [5.74, 6) is -1.74. The Labute approximate surface area is 120 Å². The van der Waals surface area contributed by atoms with E-state index in [2.05, 4.69) is 0 Å². The molecule has 0 amide bonds. The molecule has 19 heavy (non-hydrogen) atoms. The van der Waals surface area contributed by atoms with Gasteiger partial charge >= 0.3 is 18.9 Å². The molecule has 0 aromatic rings. The first kappa shape index (κ1) is 21.5. The number of hydrogen-bond acceptors (Lipinski definition) is 3. The Morgan fingerprint density at radius 1 is 0.947 bits per heavy atom. The van der Waals surface area contributed by atoms with Gasteiger partial charge in [0.15, 0.2) is 12.3 Å². The standard InChI is InChI=1S/C9H15F5O3S.Li/c10-4-2-1-3-6(11)8(13)9(14)7(12)5-18(15,16)17;/h6-9H,1-5H2,(H,15,16,17);/q;+1/p-1. The predicted molar refractivity (Wildman–Crippen MR) is 54.0 cm³/mol. The van der Waals surface area contributed by atoms with Gasteiger partial charge in [0.05, 0.1) is 22.5 Å². The molecule has 0 radical (unpaired) electrons. The van der Waals surface area contributed by atoms with E-state index in [4.69, 9.17) is 0 Å². The molecule has 4 atom stereocenters. The SMILES string of the molecule is O=S(=O)([O-])CC(F)C(F)C(F)C(F)CCCCF.[Li+]. The maximum Gasteiger partial charge on any atom is 1.00 e. The third-order valence-electron chi connectivity index (χ3n) is 2.22. The maximum absolute atomic E-state index is 13.1. The molecule has 0 heterocycles. The van der Waals surface area contributed by atoms with Crippen LogP contribution in [0.1, 0.15) is 19.3 Å². The third kappa shape index (κ3) is 9.66. The average Bonchev–Trinajstić information content (AvgIpc) is 2.24. The van der Waals surface area contributed by atoms with E-state index in [1.807, 2.05) is 0 Å². The molecule has 4 unspecified atom stereocenters. The minimum absolute atomic E-state index is 0. The van der Waals surface area contributed by atoms with Gasteiger partial charge < -0.3 is 4.55 Å². The molecule has 0 fully saturated rings. The van der Waals surface area contributed by atoms with Crippen molar-refractivity contribution in [2.75, 3.05) is 12.4 Å². The van der Waals surface area contributed by atoms with Gasteiger partial charge in [0.25, 0.3) is 0 Å². The van der Waals surface area contributed by atoms with Crippen molar-refractivity contribution in [3.05, 3.63) is 0 Å². The zero-order valence-corrected chi connectivity index (χ0v) is 11.2. The van der Waals surface area contributed by atoms with Gasteiger partial charge in [0.2, 0.25) is 0 Å². The van der Waals surface area contributed by atoms with E-state index in [0.717, 1.165) is 0 Å². The Morgan fingerprint density at radius 2 is 1.42 bits per heavy atom. The Kier molecular flexibility index (Phi) is 11.3. The summed E-state index contributed by atoms with van der Waals surface area (Å²) >= 11 is 0. The van der Waals surface area contributed by atoms with Crippen LogP contribution in [-0.2, 0) is 10.1 Å². The summed E-state index contributed by atoms with van der Waals surface area (Å²) in [5.41, 5.74) is 0. The van der Waals surface area contributed by atoms with Gasteiger partial charge in [-0.15, -0.1) is 0 Å². The van der Waals surface area contributed by atoms with Crippen LogP contribution < -0.4 is 18.9 Å². The van der Waals surface area contributed by atoms with Gasteiger partial charge in [-0.25, -0.2) is 26.0 Å². The summed E-state index contributed by atoms with van der Waals surface area (Å²) in [4.78, 5) is 0. The average molecular weight is 304 g/mol. The van der Waals surface area contributed by atoms with Gasteiger partial charge in [0, 0.05) is 0 Å². The zero-order chi connectivity index (χ0) is 14.3. The fourth-order valence-electron chi connectivity index (χ4n) is 1.28. The molecule has 0 N–H and O–H groups in total. The molecule has 0 aliphatic rings. The van der Waals surface area contributed by atoms with Crippen LogP contribution in [0.15, 0.2) is 0 Å². The van der Waals surface area contributed by atoms with Gasteiger partial charge in [-0.05, 0) is 19.3 Å². The summed E-state index contributed by atoms with van der Waals surface area (Å²) in [5, 5.41) is 0. The van der Waals surface area contributed by atoms with Crippen LogP contribution >= 0.6 is 0 Å². The number of alkyl halides is 5. The van der Waals surface area contributed by atoms with E-state index >= 15 is 0 Å². The fourth-order valence-corrected chi connectivity index (χ4v) is 1.85. The second kappa shape index (κ2) is 9.97. The van der Waals surface area contributed by atoms with E-state index < -0.39 is 53.7 Å². The Morgan fingerprint density at radius 3 is 1.84 bits per heavy atom. The van der Waals surface area contributed by atoms with E-state index in [-0.39, 0.29) is 31.7 Å².